The standard InChI is InChI=1S/C25H21N3O5/c1-13(29)33-22-17-8-6-5-7-16(17)21-19(22)18(14-9-11-15(32-4)12-10-14)20-23(26-21)27(2)25(31)28(3)24(20)30/h5-12,18H,1-4H3/p+2. The second kappa shape index (κ2) is 7.44. The molecule has 0 spiro atoms. The fraction of sp³-hybridized carbons (Fsp3) is 0.200. The molecule has 1 unspecified atom stereocenters. The summed E-state index contributed by atoms with van der Waals surface area (Å²) in [6.45, 7) is 1.36. The lowest BCUT2D eigenvalue weighted by Crippen LogP contribution is -2.75. The number of allylic oxidation sites excluding steroid dienone is 1. The van der Waals surface area contributed by atoms with Gasteiger partial charge in [-0.2, -0.15) is 0 Å². The van der Waals surface area contributed by atoms with Crippen LogP contribution in [0.25, 0.3) is 5.76 Å². The lowest BCUT2D eigenvalue weighted by molar-refractivity contribution is -0.723. The van der Waals surface area contributed by atoms with E-state index in [2.05, 4.69) is 4.99 Å². The SMILES string of the molecule is COc1ccc(C2C3=C(OC(C)=O)c4ccccc4C3=[NH+]c3c2c(=O)n(C)c(O)[n+]3C)cc1. The number of methoxy groups -OCH3 is 1. The zero-order chi connectivity index (χ0) is 23.4. The smallest absolute Gasteiger partial charge is 0.462 e. The van der Waals surface area contributed by atoms with E-state index >= 15 is 0 Å². The van der Waals surface area contributed by atoms with Gasteiger partial charge in [-0.15, -0.1) is 4.99 Å². The minimum atomic E-state index is -0.547. The number of rotatable bonds is 3. The van der Waals surface area contributed by atoms with E-state index in [0.717, 1.165) is 22.4 Å². The molecule has 1 aliphatic carbocycles. The molecule has 0 saturated heterocycles. The number of hydrogen-bond acceptors (Lipinski definition) is 5. The number of aromatic hydroxyl groups is 1. The molecule has 3 aromatic rings. The molecule has 8 nitrogen and oxygen atoms in total. The zero-order valence-electron chi connectivity index (χ0n) is 18.7. The highest BCUT2D eigenvalue weighted by atomic mass is 16.5. The molecule has 2 aliphatic rings. The minimum Gasteiger partial charge on any atom is -0.497 e. The Balaban J connectivity index is 1.91. The predicted octanol–water partition coefficient (Wildman–Crippen LogP) is 0.559. The van der Waals surface area contributed by atoms with Crippen LogP contribution < -0.4 is 19.9 Å². The van der Waals surface area contributed by atoms with Crippen molar-refractivity contribution in [1.82, 2.24) is 4.57 Å². The molecule has 0 amide bonds. The summed E-state index contributed by atoms with van der Waals surface area (Å²) in [5, 5.41) is 10.6. The minimum absolute atomic E-state index is 0.181. The monoisotopic (exact) mass is 445 g/mol. The van der Waals surface area contributed by atoms with Gasteiger partial charge in [-0.25, -0.2) is 4.57 Å². The van der Waals surface area contributed by atoms with Crippen LogP contribution in [0.1, 0.15) is 35.1 Å². The van der Waals surface area contributed by atoms with Crippen LogP contribution in [0.5, 0.6) is 11.8 Å². The van der Waals surface area contributed by atoms with Gasteiger partial charge in [0.2, 0.25) is 5.71 Å². The van der Waals surface area contributed by atoms with E-state index in [1.807, 2.05) is 48.5 Å². The van der Waals surface area contributed by atoms with Gasteiger partial charge in [0.25, 0.3) is 5.56 Å². The Morgan fingerprint density at radius 2 is 1.79 bits per heavy atom. The zero-order valence-corrected chi connectivity index (χ0v) is 18.7. The summed E-state index contributed by atoms with van der Waals surface area (Å²) in [4.78, 5) is 28.9. The molecule has 0 saturated carbocycles. The van der Waals surface area contributed by atoms with E-state index in [4.69, 9.17) is 9.47 Å². The molecule has 2 N–H and O–H groups in total. The topological polar surface area (TPSA) is 95.6 Å². The number of aromatic nitrogens is 2. The lowest BCUT2D eigenvalue weighted by Gasteiger charge is -2.21. The fourth-order valence-corrected chi connectivity index (χ4v) is 4.65. The number of nitrogens with zero attached hydrogens (tertiary/aromatic N) is 2. The van der Waals surface area contributed by atoms with Gasteiger partial charge in [0, 0.05) is 19.5 Å². The molecular formula is C25H23N3O5+2. The van der Waals surface area contributed by atoms with E-state index in [-0.39, 0.29) is 11.6 Å². The van der Waals surface area contributed by atoms with Crippen LogP contribution in [-0.2, 0) is 23.6 Å². The first-order chi connectivity index (χ1) is 15.8. The molecule has 0 fully saturated rings. The number of carbonyl (C=O) groups excluding carboxylic acids is 1. The van der Waals surface area contributed by atoms with Crippen LogP contribution in [0.2, 0.25) is 0 Å². The normalized spacial score (nSPS) is 16.0. The first-order valence-electron chi connectivity index (χ1n) is 10.5. The van der Waals surface area contributed by atoms with Crippen LogP contribution >= 0.6 is 0 Å². The first-order valence-corrected chi connectivity index (χ1v) is 10.5. The highest BCUT2D eigenvalue weighted by Crippen LogP contribution is 2.45. The number of hydrogen-bond donors (Lipinski definition) is 2. The van der Waals surface area contributed by atoms with Crippen molar-refractivity contribution in [3.8, 4) is 11.8 Å². The fourth-order valence-electron chi connectivity index (χ4n) is 4.65. The molecule has 33 heavy (non-hydrogen) atoms. The van der Waals surface area contributed by atoms with Crippen molar-refractivity contribution in [3.05, 3.63) is 86.7 Å². The van der Waals surface area contributed by atoms with Crippen molar-refractivity contribution >= 4 is 23.3 Å². The van der Waals surface area contributed by atoms with Crippen molar-refractivity contribution in [3.63, 3.8) is 0 Å². The van der Waals surface area contributed by atoms with Gasteiger partial charge >= 0.3 is 17.8 Å². The maximum absolute atomic E-state index is 13.5. The number of carbonyl (C=O) groups is 1. The summed E-state index contributed by atoms with van der Waals surface area (Å²) in [6, 6.07) is 14.9. The molecule has 0 radical (unpaired) electrons. The Morgan fingerprint density at radius 1 is 1.12 bits per heavy atom. The number of fused-ring (bicyclic) bond motifs is 4. The molecule has 1 aliphatic heterocycles. The maximum Gasteiger partial charge on any atom is 0.462 e. The molecule has 1 aromatic heterocycles. The highest BCUT2D eigenvalue weighted by Gasteiger charge is 2.49. The van der Waals surface area contributed by atoms with E-state index in [1.54, 1.807) is 18.7 Å². The summed E-state index contributed by atoms with van der Waals surface area (Å²) < 4.78 is 13.8. The number of ether oxygens (including phenoxy) is 2. The summed E-state index contributed by atoms with van der Waals surface area (Å²) in [5.74, 6) is 0.593. The molecule has 2 heterocycles. The van der Waals surface area contributed by atoms with Gasteiger partial charge in [-0.05, 0) is 23.8 Å². The Hall–Kier alpha value is -4.20. The highest BCUT2D eigenvalue weighted by molar-refractivity contribution is 6.22. The van der Waals surface area contributed by atoms with Crippen LogP contribution in [-0.4, -0.2) is 28.5 Å². The Kier molecular flexibility index (Phi) is 4.67. The molecule has 5 rings (SSSR count). The summed E-state index contributed by atoms with van der Waals surface area (Å²) in [7, 11) is 4.80. The molecule has 166 valence electrons. The van der Waals surface area contributed by atoms with Gasteiger partial charge in [-0.1, -0.05) is 34.9 Å². The maximum atomic E-state index is 13.5. The average Bonchev–Trinajstić information content (AvgIpc) is 3.13. The molecule has 0 bridgehead atoms. The van der Waals surface area contributed by atoms with E-state index in [1.165, 1.54) is 18.5 Å². The Morgan fingerprint density at radius 3 is 2.42 bits per heavy atom. The quantitative estimate of drug-likeness (QED) is 0.454. The predicted molar refractivity (Wildman–Crippen MR) is 119 cm³/mol. The molecule has 2 aromatic carbocycles. The first kappa shape index (κ1) is 20.7. The van der Waals surface area contributed by atoms with Gasteiger partial charge in [0.15, 0.2) is 12.6 Å². The van der Waals surface area contributed by atoms with Gasteiger partial charge in [-0.3, -0.25) is 9.59 Å². The van der Waals surface area contributed by atoms with E-state index in [0.29, 0.717) is 28.5 Å². The van der Waals surface area contributed by atoms with Gasteiger partial charge < -0.3 is 14.6 Å². The van der Waals surface area contributed by atoms with Crippen LogP contribution in [0.3, 0.4) is 0 Å². The summed E-state index contributed by atoms with van der Waals surface area (Å²) in [6.07, 6.45) is 0. The van der Waals surface area contributed by atoms with Crippen LogP contribution in [0, 0.1) is 0 Å². The summed E-state index contributed by atoms with van der Waals surface area (Å²) >= 11 is 0. The van der Waals surface area contributed by atoms with Crippen molar-refractivity contribution < 1.29 is 28.9 Å². The van der Waals surface area contributed by atoms with Crippen molar-refractivity contribution in [1.29, 1.82) is 0 Å². The average molecular weight is 445 g/mol. The van der Waals surface area contributed by atoms with Gasteiger partial charge in [0.1, 0.15) is 11.5 Å². The lowest BCUT2D eigenvalue weighted by atomic mass is 9.81. The molecule has 8 heteroatoms. The van der Waals surface area contributed by atoms with E-state index in [9.17, 15) is 14.7 Å². The third-order valence-electron chi connectivity index (χ3n) is 6.20. The molecular weight excluding hydrogens is 422 g/mol. The second-order valence-corrected chi connectivity index (χ2v) is 8.07. The van der Waals surface area contributed by atoms with Crippen LogP contribution in [0.15, 0.2) is 58.9 Å². The van der Waals surface area contributed by atoms with Crippen LogP contribution in [0.4, 0.5) is 5.82 Å². The molecule has 1 atom stereocenters. The second-order valence-electron chi connectivity index (χ2n) is 8.07. The number of esters is 1. The van der Waals surface area contributed by atoms with Crippen molar-refractivity contribution in [2.45, 2.75) is 12.8 Å². The number of nitrogens with one attached hydrogen (secondary N) is 1. The Bertz CT molecular complexity index is 1450. The van der Waals surface area contributed by atoms with Crippen molar-refractivity contribution in [2.75, 3.05) is 7.11 Å². The van der Waals surface area contributed by atoms with Gasteiger partial charge in [0.05, 0.1) is 24.2 Å². The third-order valence-corrected chi connectivity index (χ3v) is 6.20. The van der Waals surface area contributed by atoms with E-state index < -0.39 is 11.9 Å². The largest absolute Gasteiger partial charge is 0.497 e. The third kappa shape index (κ3) is 2.98. The van der Waals surface area contributed by atoms with Crippen molar-refractivity contribution in [2.24, 2.45) is 14.1 Å². The Labute approximate surface area is 189 Å². The summed E-state index contributed by atoms with van der Waals surface area (Å²) in [5.41, 5.74) is 3.97. The number of benzene rings is 2.